The molecule has 2 unspecified atom stereocenters. The minimum atomic E-state index is -4.67. The highest BCUT2D eigenvalue weighted by Crippen LogP contribution is 2.23. The van der Waals surface area contributed by atoms with Gasteiger partial charge in [-0.3, -0.25) is 0 Å². The topological polar surface area (TPSA) is 59.2 Å². The molecule has 2 atom stereocenters. The lowest BCUT2D eigenvalue weighted by atomic mass is 10.2. The minimum Gasteiger partial charge on any atom is -0.383 e. The van der Waals surface area contributed by atoms with E-state index in [1.165, 1.54) is 0 Å². The molecule has 1 rings (SSSR count). The molecule has 104 valence electrons. The van der Waals surface area contributed by atoms with Gasteiger partial charge in [-0.25, -0.2) is 0 Å². The number of aliphatic hydroxyl groups excluding tert-OH is 1. The van der Waals surface area contributed by atoms with Crippen molar-refractivity contribution in [1.29, 1.82) is 0 Å². The van der Waals surface area contributed by atoms with E-state index in [2.05, 4.69) is 14.7 Å². The summed E-state index contributed by atoms with van der Waals surface area (Å²) in [6.45, 7) is 4.08. The Morgan fingerprint density at radius 1 is 1.44 bits per heavy atom. The monoisotopic (exact) mass is 284 g/mol. The fourth-order valence-electron chi connectivity index (χ4n) is 1.05. The van der Waals surface area contributed by atoms with Crippen LogP contribution in [0, 0.1) is 0 Å². The number of aromatic nitrogens is 2. The summed E-state index contributed by atoms with van der Waals surface area (Å²) < 4.78 is 41.0. The zero-order valence-corrected chi connectivity index (χ0v) is 10.9. The normalized spacial score (nSPS) is 15.7. The number of hydrogen-bond donors (Lipinski definition) is 1. The molecule has 18 heavy (non-hydrogen) atoms. The lowest BCUT2D eigenvalue weighted by molar-refractivity contribution is -0.204. The van der Waals surface area contributed by atoms with E-state index in [1.807, 2.05) is 13.8 Å². The van der Waals surface area contributed by atoms with E-state index in [4.69, 9.17) is 5.11 Å². The maximum atomic E-state index is 12.1. The van der Waals surface area contributed by atoms with Crippen molar-refractivity contribution in [3.63, 3.8) is 0 Å². The fraction of sp³-hybridized carbons (Fsp3) is 0.800. The van der Waals surface area contributed by atoms with Gasteiger partial charge in [0, 0.05) is 5.25 Å². The van der Waals surface area contributed by atoms with Crippen LogP contribution in [0.3, 0.4) is 0 Å². The molecular formula is C10H15F3N2O2S. The van der Waals surface area contributed by atoms with Gasteiger partial charge in [-0.05, 0) is 6.42 Å². The Morgan fingerprint density at radius 2 is 2.11 bits per heavy atom. The third-order valence-electron chi connectivity index (χ3n) is 2.33. The van der Waals surface area contributed by atoms with Crippen LogP contribution in [0.15, 0.2) is 4.52 Å². The van der Waals surface area contributed by atoms with E-state index in [0.717, 1.165) is 6.42 Å². The Kier molecular flexibility index (Phi) is 5.46. The molecule has 0 radical (unpaired) electrons. The quantitative estimate of drug-likeness (QED) is 0.870. The molecule has 0 saturated heterocycles. The van der Waals surface area contributed by atoms with Gasteiger partial charge in [0.1, 0.15) is 0 Å². The van der Waals surface area contributed by atoms with Gasteiger partial charge in [0.15, 0.2) is 11.9 Å². The first kappa shape index (κ1) is 15.3. The molecule has 0 aromatic carbocycles. The summed E-state index contributed by atoms with van der Waals surface area (Å²) in [4.78, 5) is 3.81. The van der Waals surface area contributed by atoms with Gasteiger partial charge in [0.2, 0.25) is 5.89 Å². The molecule has 0 spiro atoms. The zero-order valence-electron chi connectivity index (χ0n) is 10.1. The number of nitrogens with zero attached hydrogens (tertiary/aromatic N) is 2. The molecule has 0 aliphatic carbocycles. The molecule has 0 amide bonds. The van der Waals surface area contributed by atoms with E-state index in [9.17, 15) is 13.2 Å². The van der Waals surface area contributed by atoms with Gasteiger partial charge < -0.3 is 9.63 Å². The molecule has 8 heteroatoms. The van der Waals surface area contributed by atoms with Gasteiger partial charge in [-0.2, -0.15) is 29.9 Å². The molecule has 4 nitrogen and oxygen atoms in total. The Bertz CT molecular complexity index is 370. The van der Waals surface area contributed by atoms with Crippen LogP contribution in [0.4, 0.5) is 13.2 Å². The summed E-state index contributed by atoms with van der Waals surface area (Å²) in [7, 11) is 0. The lowest BCUT2D eigenvalue weighted by Crippen LogP contribution is -2.30. The largest absolute Gasteiger partial charge is 0.414 e. The minimum absolute atomic E-state index is 0.195. The van der Waals surface area contributed by atoms with Gasteiger partial charge in [-0.15, -0.1) is 0 Å². The molecule has 0 bridgehead atoms. The van der Waals surface area contributed by atoms with Gasteiger partial charge in [0.25, 0.3) is 0 Å². The Balaban J connectivity index is 2.48. The van der Waals surface area contributed by atoms with Crippen LogP contribution in [0.25, 0.3) is 0 Å². The first-order valence-electron chi connectivity index (χ1n) is 5.50. The molecule has 1 aromatic heterocycles. The number of halogens is 3. The second kappa shape index (κ2) is 6.42. The summed E-state index contributed by atoms with van der Waals surface area (Å²) in [5.74, 6) is 0.643. The highest BCUT2D eigenvalue weighted by molar-refractivity contribution is 7.99. The smallest absolute Gasteiger partial charge is 0.383 e. The first-order valence-corrected chi connectivity index (χ1v) is 6.55. The average Bonchev–Trinajstić information content (AvgIpc) is 2.72. The average molecular weight is 284 g/mol. The molecular weight excluding hydrogens is 269 g/mol. The zero-order chi connectivity index (χ0) is 13.8. The van der Waals surface area contributed by atoms with Crippen molar-refractivity contribution in [2.45, 2.75) is 50.0 Å². The van der Waals surface area contributed by atoms with Gasteiger partial charge in [-0.1, -0.05) is 19.0 Å². The Labute approximate surface area is 107 Å². The van der Waals surface area contributed by atoms with Crippen molar-refractivity contribution >= 4 is 11.8 Å². The van der Waals surface area contributed by atoms with Gasteiger partial charge >= 0.3 is 6.18 Å². The van der Waals surface area contributed by atoms with Crippen LogP contribution in [0.1, 0.15) is 32.0 Å². The second-order valence-electron chi connectivity index (χ2n) is 3.90. The SMILES string of the molecule is CCC(C)SCc1noc(CC(O)C(F)(F)F)n1. The van der Waals surface area contributed by atoms with Crippen LogP contribution in [-0.2, 0) is 12.2 Å². The van der Waals surface area contributed by atoms with E-state index < -0.39 is 18.7 Å². The van der Waals surface area contributed by atoms with Crippen molar-refractivity contribution in [3.8, 4) is 0 Å². The number of aliphatic hydroxyl groups is 1. The summed E-state index contributed by atoms with van der Waals surface area (Å²) in [5.41, 5.74) is 0. The van der Waals surface area contributed by atoms with Crippen molar-refractivity contribution in [3.05, 3.63) is 11.7 Å². The summed E-state index contributed by atoms with van der Waals surface area (Å²) >= 11 is 1.60. The third kappa shape index (κ3) is 4.85. The van der Waals surface area contributed by atoms with Crippen molar-refractivity contribution in [1.82, 2.24) is 10.1 Å². The number of alkyl halides is 3. The van der Waals surface area contributed by atoms with E-state index >= 15 is 0 Å². The maximum Gasteiger partial charge on any atom is 0.414 e. The van der Waals surface area contributed by atoms with Crippen LogP contribution in [-0.4, -0.2) is 32.8 Å². The predicted octanol–water partition coefficient (Wildman–Crippen LogP) is 2.57. The number of hydrogen-bond acceptors (Lipinski definition) is 5. The molecule has 1 aromatic rings. The third-order valence-corrected chi connectivity index (χ3v) is 3.66. The van der Waals surface area contributed by atoms with E-state index in [0.29, 0.717) is 16.8 Å². The number of rotatable bonds is 6. The standard InChI is InChI=1S/C10H15F3N2O2S/c1-3-6(2)18-5-8-14-9(17-15-8)4-7(16)10(11,12)13/h6-7,16H,3-5H2,1-2H3. The molecule has 0 aliphatic heterocycles. The van der Waals surface area contributed by atoms with Crippen molar-refractivity contribution in [2.24, 2.45) is 0 Å². The molecule has 1 heterocycles. The Hall–Kier alpha value is -0.760. The summed E-state index contributed by atoms with van der Waals surface area (Å²) in [6.07, 6.45) is -6.85. The molecule has 0 fully saturated rings. The van der Waals surface area contributed by atoms with Crippen LogP contribution in [0.5, 0.6) is 0 Å². The molecule has 0 saturated carbocycles. The Morgan fingerprint density at radius 3 is 2.67 bits per heavy atom. The summed E-state index contributed by atoms with van der Waals surface area (Å²) in [6, 6.07) is 0. The van der Waals surface area contributed by atoms with Crippen molar-refractivity contribution < 1.29 is 22.8 Å². The van der Waals surface area contributed by atoms with Crippen LogP contribution < -0.4 is 0 Å². The van der Waals surface area contributed by atoms with E-state index in [-0.39, 0.29) is 5.89 Å². The van der Waals surface area contributed by atoms with E-state index in [1.54, 1.807) is 11.8 Å². The summed E-state index contributed by atoms with van der Waals surface area (Å²) in [5, 5.41) is 12.8. The molecule has 1 N–H and O–H groups in total. The van der Waals surface area contributed by atoms with Gasteiger partial charge in [0.05, 0.1) is 12.2 Å². The highest BCUT2D eigenvalue weighted by atomic mass is 32.2. The second-order valence-corrected chi connectivity index (χ2v) is 5.32. The lowest BCUT2D eigenvalue weighted by Gasteiger charge is -2.11. The first-order chi connectivity index (χ1) is 8.32. The predicted molar refractivity (Wildman–Crippen MR) is 61.1 cm³/mol. The van der Waals surface area contributed by atoms with Crippen molar-refractivity contribution in [2.75, 3.05) is 0 Å². The number of thioether (sulfide) groups is 1. The van der Waals surface area contributed by atoms with Crippen LogP contribution >= 0.6 is 11.8 Å². The fourth-order valence-corrected chi connectivity index (χ4v) is 1.83. The maximum absolute atomic E-state index is 12.1. The highest BCUT2D eigenvalue weighted by Gasteiger charge is 2.39. The molecule has 0 aliphatic rings. The van der Waals surface area contributed by atoms with Crippen LogP contribution in [0.2, 0.25) is 0 Å².